The maximum absolute atomic E-state index is 12.4. The number of likely N-dealkylation sites (tertiary alicyclic amines) is 1. The Morgan fingerprint density at radius 2 is 2.07 bits per heavy atom. The lowest BCUT2D eigenvalue weighted by atomic mass is 9.87. The first kappa shape index (κ1) is 10.9. The van der Waals surface area contributed by atoms with Crippen molar-refractivity contribution in [3.05, 3.63) is 0 Å². The minimum Gasteiger partial charge on any atom is -0.394 e. The molecule has 1 saturated heterocycles. The number of aliphatic hydroxyl groups excluding tert-OH is 1. The van der Waals surface area contributed by atoms with E-state index in [1.165, 1.54) is 12.8 Å². The van der Waals surface area contributed by atoms with Gasteiger partial charge in [0.2, 0.25) is 5.91 Å². The van der Waals surface area contributed by atoms with E-state index < -0.39 is 0 Å². The number of aliphatic hydroxyl groups is 1. The molecule has 2 aliphatic rings. The third kappa shape index (κ3) is 1.89. The molecule has 1 atom stereocenters. The highest BCUT2D eigenvalue weighted by molar-refractivity contribution is 5.83. The van der Waals surface area contributed by atoms with Gasteiger partial charge in [-0.25, -0.2) is 0 Å². The summed E-state index contributed by atoms with van der Waals surface area (Å²) in [5.74, 6) is 0.288. The molecule has 0 radical (unpaired) electrons. The van der Waals surface area contributed by atoms with Gasteiger partial charge >= 0.3 is 0 Å². The highest BCUT2D eigenvalue weighted by atomic mass is 16.3. The largest absolute Gasteiger partial charge is 0.394 e. The number of carbonyl (C=O) groups is 1. The fourth-order valence-electron chi connectivity index (χ4n) is 3.01. The van der Waals surface area contributed by atoms with E-state index in [-0.39, 0.29) is 24.0 Å². The van der Waals surface area contributed by atoms with E-state index in [0.717, 1.165) is 32.2 Å². The molecule has 0 unspecified atom stereocenters. The van der Waals surface area contributed by atoms with Crippen molar-refractivity contribution >= 4 is 5.91 Å². The maximum Gasteiger partial charge on any atom is 0.228 e. The van der Waals surface area contributed by atoms with Crippen molar-refractivity contribution in [3.63, 3.8) is 0 Å². The van der Waals surface area contributed by atoms with Crippen LogP contribution in [-0.2, 0) is 4.79 Å². The number of amides is 1. The monoisotopic (exact) mass is 211 g/mol. The molecule has 2 rings (SSSR count). The normalized spacial score (nSPS) is 29.7. The second-order valence-electron chi connectivity index (χ2n) is 5.24. The van der Waals surface area contributed by atoms with Crippen LogP contribution in [-0.4, -0.2) is 35.1 Å². The Bertz CT molecular complexity index is 246. The van der Waals surface area contributed by atoms with E-state index in [1.54, 1.807) is 0 Å². The van der Waals surface area contributed by atoms with Crippen LogP contribution >= 0.6 is 0 Å². The van der Waals surface area contributed by atoms with Crippen LogP contribution in [0.3, 0.4) is 0 Å². The number of carbonyl (C=O) groups excluding carboxylic acids is 1. The molecule has 3 heteroatoms. The van der Waals surface area contributed by atoms with Crippen LogP contribution in [0.1, 0.15) is 45.4 Å². The summed E-state index contributed by atoms with van der Waals surface area (Å²) in [6.07, 6.45) is 6.44. The number of hydrogen-bond acceptors (Lipinski definition) is 2. The van der Waals surface area contributed by atoms with E-state index in [0.29, 0.717) is 0 Å². The van der Waals surface area contributed by atoms with Crippen molar-refractivity contribution in [2.45, 2.75) is 51.5 Å². The average molecular weight is 211 g/mol. The third-order valence-corrected chi connectivity index (χ3v) is 4.07. The summed E-state index contributed by atoms with van der Waals surface area (Å²) in [7, 11) is 0. The highest BCUT2D eigenvalue weighted by Gasteiger charge is 2.42. The number of nitrogens with zero attached hydrogens (tertiary/aromatic N) is 1. The summed E-state index contributed by atoms with van der Waals surface area (Å²) in [6.45, 7) is 3.07. The molecule has 0 aromatic carbocycles. The van der Waals surface area contributed by atoms with Gasteiger partial charge in [-0.2, -0.15) is 0 Å². The Balaban J connectivity index is 2.06. The zero-order valence-corrected chi connectivity index (χ0v) is 9.54. The lowest BCUT2D eigenvalue weighted by Crippen LogP contribution is -2.45. The van der Waals surface area contributed by atoms with Crippen LogP contribution in [0.25, 0.3) is 0 Å². The summed E-state index contributed by atoms with van der Waals surface area (Å²) < 4.78 is 0. The van der Waals surface area contributed by atoms with E-state index in [1.807, 2.05) is 4.90 Å². The third-order valence-electron chi connectivity index (χ3n) is 4.07. The smallest absolute Gasteiger partial charge is 0.228 e. The fourth-order valence-corrected chi connectivity index (χ4v) is 3.01. The molecule has 86 valence electrons. The van der Waals surface area contributed by atoms with Gasteiger partial charge in [0.15, 0.2) is 0 Å². The van der Waals surface area contributed by atoms with E-state index in [2.05, 4.69) is 6.92 Å². The van der Waals surface area contributed by atoms with Crippen molar-refractivity contribution in [1.29, 1.82) is 0 Å². The van der Waals surface area contributed by atoms with Crippen LogP contribution in [0.5, 0.6) is 0 Å². The van der Waals surface area contributed by atoms with Gasteiger partial charge in [0.05, 0.1) is 12.6 Å². The first-order valence-corrected chi connectivity index (χ1v) is 6.09. The molecule has 1 aliphatic carbocycles. The Morgan fingerprint density at radius 1 is 1.40 bits per heavy atom. The highest BCUT2D eigenvalue weighted by Crippen LogP contribution is 2.40. The quantitative estimate of drug-likeness (QED) is 0.753. The first-order chi connectivity index (χ1) is 7.17. The molecule has 3 nitrogen and oxygen atoms in total. The number of hydrogen-bond donors (Lipinski definition) is 1. The van der Waals surface area contributed by atoms with Gasteiger partial charge in [-0.3, -0.25) is 4.79 Å². The van der Waals surface area contributed by atoms with Crippen LogP contribution in [0, 0.1) is 5.41 Å². The Labute approximate surface area is 91.5 Å². The van der Waals surface area contributed by atoms with Crippen LogP contribution < -0.4 is 0 Å². The fraction of sp³-hybridized carbons (Fsp3) is 0.917. The van der Waals surface area contributed by atoms with Crippen LogP contribution in [0.2, 0.25) is 0 Å². The zero-order chi connectivity index (χ0) is 10.9. The lowest BCUT2D eigenvalue weighted by Gasteiger charge is -2.32. The molecule has 15 heavy (non-hydrogen) atoms. The Hall–Kier alpha value is -0.570. The van der Waals surface area contributed by atoms with Crippen molar-refractivity contribution in [2.24, 2.45) is 5.41 Å². The van der Waals surface area contributed by atoms with Gasteiger partial charge in [-0.1, -0.05) is 19.8 Å². The van der Waals surface area contributed by atoms with E-state index >= 15 is 0 Å². The molecular formula is C12H21NO2. The molecule has 0 aromatic rings. The molecule has 0 spiro atoms. The summed E-state index contributed by atoms with van der Waals surface area (Å²) in [5.41, 5.74) is -0.127. The van der Waals surface area contributed by atoms with E-state index in [4.69, 9.17) is 0 Å². The predicted octanol–water partition coefficient (Wildman–Crippen LogP) is 1.55. The van der Waals surface area contributed by atoms with Crippen molar-refractivity contribution in [1.82, 2.24) is 4.90 Å². The lowest BCUT2D eigenvalue weighted by molar-refractivity contribution is -0.142. The zero-order valence-electron chi connectivity index (χ0n) is 9.54. The SMILES string of the molecule is CC1(C(=O)N2CCC[C@@H]2CO)CCCC1. The van der Waals surface area contributed by atoms with Crippen LogP contribution in [0.15, 0.2) is 0 Å². The van der Waals surface area contributed by atoms with Gasteiger partial charge in [0, 0.05) is 12.0 Å². The first-order valence-electron chi connectivity index (χ1n) is 6.09. The van der Waals surface area contributed by atoms with Crippen molar-refractivity contribution in [3.8, 4) is 0 Å². The Kier molecular flexibility index (Phi) is 3.01. The minimum absolute atomic E-state index is 0.0925. The second kappa shape index (κ2) is 4.12. The molecular weight excluding hydrogens is 190 g/mol. The molecule has 0 bridgehead atoms. The minimum atomic E-state index is -0.127. The molecule has 1 saturated carbocycles. The van der Waals surface area contributed by atoms with Gasteiger partial charge in [-0.15, -0.1) is 0 Å². The van der Waals surface area contributed by atoms with Gasteiger partial charge in [-0.05, 0) is 25.7 Å². The van der Waals surface area contributed by atoms with E-state index in [9.17, 15) is 9.90 Å². The van der Waals surface area contributed by atoms with Crippen LogP contribution in [0.4, 0.5) is 0 Å². The topological polar surface area (TPSA) is 40.5 Å². The summed E-state index contributed by atoms with van der Waals surface area (Å²) in [6, 6.07) is 0.0925. The Morgan fingerprint density at radius 3 is 2.67 bits per heavy atom. The molecule has 1 amide bonds. The second-order valence-corrected chi connectivity index (χ2v) is 5.24. The standard InChI is InChI=1S/C12H21NO2/c1-12(6-2-3-7-12)11(15)13-8-4-5-10(13)9-14/h10,14H,2-9H2,1H3/t10-/m1/s1. The summed E-state index contributed by atoms with van der Waals surface area (Å²) in [5, 5.41) is 9.22. The number of rotatable bonds is 2. The molecule has 1 aliphatic heterocycles. The molecule has 1 N–H and O–H groups in total. The predicted molar refractivity (Wildman–Crippen MR) is 58.4 cm³/mol. The van der Waals surface area contributed by atoms with Gasteiger partial charge in [0.1, 0.15) is 0 Å². The summed E-state index contributed by atoms with van der Waals surface area (Å²) in [4.78, 5) is 14.3. The van der Waals surface area contributed by atoms with Crippen molar-refractivity contribution < 1.29 is 9.90 Å². The summed E-state index contributed by atoms with van der Waals surface area (Å²) >= 11 is 0. The average Bonchev–Trinajstić information content (AvgIpc) is 2.85. The van der Waals surface area contributed by atoms with Gasteiger partial charge < -0.3 is 10.0 Å². The molecule has 1 heterocycles. The molecule has 2 fully saturated rings. The van der Waals surface area contributed by atoms with Gasteiger partial charge in [0.25, 0.3) is 0 Å². The maximum atomic E-state index is 12.4. The molecule has 0 aromatic heterocycles. The van der Waals surface area contributed by atoms with Crippen molar-refractivity contribution in [2.75, 3.05) is 13.2 Å².